The van der Waals surface area contributed by atoms with Gasteiger partial charge in [0.25, 0.3) is 0 Å². The first-order valence-electron chi connectivity index (χ1n) is 22.0. The van der Waals surface area contributed by atoms with Crippen LogP contribution in [0.25, 0.3) is 122 Å². The topological polar surface area (TPSA) is 38.9 Å². The molecule has 0 saturated carbocycles. The van der Waals surface area contributed by atoms with Gasteiger partial charge in [-0.2, -0.15) is 0 Å². The zero-order valence-corrected chi connectivity index (χ0v) is 35.4. The molecule has 0 fully saturated rings. The fourth-order valence-corrected chi connectivity index (χ4v) is 9.19. The molecule has 3 heteroatoms. The lowest BCUT2D eigenvalue weighted by molar-refractivity contribution is 0.672. The minimum atomic E-state index is 0.659. The van der Waals surface area contributed by atoms with Gasteiger partial charge in [0.1, 0.15) is 11.2 Å². The van der Waals surface area contributed by atoms with E-state index in [1.165, 1.54) is 27.8 Å². The molecule has 0 bridgehead atoms. The molecule has 0 atom stereocenters. The molecule has 0 unspecified atom stereocenters. The average molecular weight is 829 g/mol. The number of nitrogens with zero attached hydrogens (tertiary/aromatic N) is 2. The lowest BCUT2D eigenvalue weighted by Gasteiger charge is -2.14. The van der Waals surface area contributed by atoms with E-state index in [0.29, 0.717) is 5.82 Å². The van der Waals surface area contributed by atoms with Crippen molar-refractivity contribution >= 4 is 32.7 Å². The first-order valence-corrected chi connectivity index (χ1v) is 22.0. The second-order valence-electron chi connectivity index (χ2n) is 16.5. The lowest BCUT2D eigenvalue weighted by Crippen LogP contribution is -1.97. The summed E-state index contributed by atoms with van der Waals surface area (Å²) in [4.78, 5) is 10.7. The molecule has 10 aromatic carbocycles. The van der Waals surface area contributed by atoms with Gasteiger partial charge < -0.3 is 4.42 Å². The summed E-state index contributed by atoms with van der Waals surface area (Å²) in [5, 5.41) is 4.28. The summed E-state index contributed by atoms with van der Waals surface area (Å²) < 4.78 is 6.50. The van der Waals surface area contributed by atoms with Gasteiger partial charge in [0.15, 0.2) is 5.82 Å². The van der Waals surface area contributed by atoms with Crippen molar-refractivity contribution in [2.75, 3.05) is 0 Å². The van der Waals surface area contributed by atoms with E-state index in [0.717, 1.165) is 88.6 Å². The Morgan fingerprint density at radius 1 is 0.246 bits per heavy atom. The first kappa shape index (κ1) is 38.0. The number of hydrogen-bond acceptors (Lipinski definition) is 3. The largest absolute Gasteiger partial charge is 0.455 e. The number of para-hydroxylation sites is 1. The SMILES string of the molecule is c1ccc(-c2cccc(-c3cc(-c4ccccc4)cc(-c4ccc(-c5nc(-c6cccc(-c7ccccc7)c6)cc(-c6cc7c8ccccc8oc7c7ccccc67)n5)cc4)c3)c2)cc1. The Morgan fingerprint density at radius 3 is 1.29 bits per heavy atom. The van der Waals surface area contributed by atoms with E-state index in [9.17, 15) is 0 Å². The summed E-state index contributed by atoms with van der Waals surface area (Å²) in [6, 6.07) is 85.9. The number of aromatic nitrogens is 2. The molecule has 0 aliphatic carbocycles. The number of rotatable bonds is 8. The van der Waals surface area contributed by atoms with Crippen molar-refractivity contribution in [3.05, 3.63) is 243 Å². The summed E-state index contributed by atoms with van der Waals surface area (Å²) in [5.74, 6) is 0.659. The Kier molecular flexibility index (Phi) is 9.50. The zero-order valence-electron chi connectivity index (χ0n) is 35.4. The normalized spacial score (nSPS) is 11.4. The van der Waals surface area contributed by atoms with Crippen LogP contribution in [0.1, 0.15) is 0 Å². The molecule has 0 radical (unpaired) electrons. The van der Waals surface area contributed by atoms with Crippen LogP contribution in [0.3, 0.4) is 0 Å². The number of fused-ring (bicyclic) bond motifs is 5. The summed E-state index contributed by atoms with van der Waals surface area (Å²) in [6.07, 6.45) is 0. The molecule has 0 N–H and O–H groups in total. The maximum absolute atomic E-state index is 6.50. The van der Waals surface area contributed by atoms with Crippen LogP contribution in [0.4, 0.5) is 0 Å². The second-order valence-corrected chi connectivity index (χ2v) is 16.5. The summed E-state index contributed by atoms with van der Waals surface area (Å²) in [7, 11) is 0. The van der Waals surface area contributed by atoms with Crippen LogP contribution >= 0.6 is 0 Å². The third-order valence-electron chi connectivity index (χ3n) is 12.5. The lowest BCUT2D eigenvalue weighted by atomic mass is 9.92. The van der Waals surface area contributed by atoms with E-state index in [2.05, 4.69) is 231 Å². The molecule has 12 aromatic rings. The van der Waals surface area contributed by atoms with E-state index >= 15 is 0 Å². The number of furan rings is 1. The maximum Gasteiger partial charge on any atom is 0.160 e. The van der Waals surface area contributed by atoms with Crippen molar-refractivity contribution < 1.29 is 4.42 Å². The molecule has 0 amide bonds. The van der Waals surface area contributed by atoms with Gasteiger partial charge in [-0.1, -0.05) is 194 Å². The van der Waals surface area contributed by atoms with Crippen molar-refractivity contribution in [3.63, 3.8) is 0 Å². The van der Waals surface area contributed by atoms with Gasteiger partial charge in [-0.25, -0.2) is 9.97 Å². The first-order chi connectivity index (χ1) is 32.2. The van der Waals surface area contributed by atoms with Gasteiger partial charge in [0.2, 0.25) is 0 Å². The van der Waals surface area contributed by atoms with Crippen LogP contribution < -0.4 is 0 Å². The van der Waals surface area contributed by atoms with E-state index in [-0.39, 0.29) is 0 Å². The number of benzene rings is 10. The highest BCUT2D eigenvalue weighted by atomic mass is 16.3. The molecular weight excluding hydrogens is 789 g/mol. The van der Waals surface area contributed by atoms with Crippen molar-refractivity contribution in [2.24, 2.45) is 0 Å². The third-order valence-corrected chi connectivity index (χ3v) is 12.5. The molecule has 304 valence electrons. The summed E-state index contributed by atoms with van der Waals surface area (Å²) >= 11 is 0. The highest BCUT2D eigenvalue weighted by Crippen LogP contribution is 2.41. The fourth-order valence-electron chi connectivity index (χ4n) is 9.19. The molecular formula is C62H40N2O. The molecule has 3 nitrogen and oxygen atoms in total. The van der Waals surface area contributed by atoms with Gasteiger partial charge >= 0.3 is 0 Å². The Morgan fingerprint density at radius 2 is 0.662 bits per heavy atom. The minimum absolute atomic E-state index is 0.659. The molecule has 12 rings (SSSR count). The Hall–Kier alpha value is -8.66. The molecule has 0 saturated heterocycles. The molecule has 0 spiro atoms. The number of hydrogen-bond donors (Lipinski definition) is 0. The van der Waals surface area contributed by atoms with Crippen molar-refractivity contribution in [2.45, 2.75) is 0 Å². The van der Waals surface area contributed by atoms with Gasteiger partial charge in [-0.3, -0.25) is 0 Å². The second kappa shape index (κ2) is 16.2. The van der Waals surface area contributed by atoms with E-state index in [1.807, 2.05) is 12.1 Å². The van der Waals surface area contributed by atoms with Crippen LogP contribution in [0.2, 0.25) is 0 Å². The van der Waals surface area contributed by atoms with E-state index in [4.69, 9.17) is 14.4 Å². The van der Waals surface area contributed by atoms with Crippen LogP contribution in [0, 0.1) is 0 Å². The van der Waals surface area contributed by atoms with Crippen LogP contribution in [0.5, 0.6) is 0 Å². The third kappa shape index (κ3) is 7.25. The van der Waals surface area contributed by atoms with Gasteiger partial charge in [-0.15, -0.1) is 0 Å². The molecule has 0 aliphatic rings. The fraction of sp³-hybridized carbons (Fsp3) is 0. The predicted molar refractivity (Wildman–Crippen MR) is 270 cm³/mol. The van der Waals surface area contributed by atoms with Crippen LogP contribution in [-0.2, 0) is 0 Å². The van der Waals surface area contributed by atoms with E-state index < -0.39 is 0 Å². The average Bonchev–Trinajstić information content (AvgIpc) is 3.78. The van der Waals surface area contributed by atoms with Gasteiger partial charge in [0, 0.05) is 32.8 Å². The monoisotopic (exact) mass is 828 g/mol. The quantitative estimate of drug-likeness (QED) is 0.153. The highest BCUT2D eigenvalue weighted by molar-refractivity contribution is 6.19. The maximum atomic E-state index is 6.50. The van der Waals surface area contributed by atoms with Gasteiger partial charge in [0.05, 0.1) is 11.4 Å². The minimum Gasteiger partial charge on any atom is -0.455 e. The Labute approximate surface area is 377 Å². The van der Waals surface area contributed by atoms with Crippen molar-refractivity contribution in [3.8, 4) is 89.5 Å². The zero-order chi connectivity index (χ0) is 43.1. The van der Waals surface area contributed by atoms with Crippen LogP contribution in [0.15, 0.2) is 247 Å². The Bertz CT molecular complexity index is 3690. The standard InChI is InChI=1S/C62H40N2O/c1-4-16-41(17-5-1)46-22-14-24-48(34-46)52-37-50(43-20-8-3-9-21-43)36-51(38-52)44-30-32-45(33-31-44)62-63-58(49-25-15-23-47(35-49)42-18-6-2-7-19-42)40-59(64-62)56-39-57-54-27-12-13-29-60(54)65-61(57)55-28-11-10-26-53(55)56/h1-40H. The highest BCUT2D eigenvalue weighted by Gasteiger charge is 2.19. The summed E-state index contributed by atoms with van der Waals surface area (Å²) in [6.45, 7) is 0. The molecule has 0 aliphatic heterocycles. The van der Waals surface area contributed by atoms with E-state index in [1.54, 1.807) is 0 Å². The van der Waals surface area contributed by atoms with Gasteiger partial charge in [-0.05, 0) is 110 Å². The predicted octanol–water partition coefficient (Wildman–Crippen LogP) is 16.9. The van der Waals surface area contributed by atoms with Crippen molar-refractivity contribution in [1.29, 1.82) is 0 Å². The van der Waals surface area contributed by atoms with Crippen LogP contribution in [-0.4, -0.2) is 9.97 Å². The van der Waals surface area contributed by atoms with Crippen molar-refractivity contribution in [1.82, 2.24) is 9.97 Å². The molecule has 65 heavy (non-hydrogen) atoms. The molecule has 2 heterocycles. The molecule has 2 aromatic heterocycles. The smallest absolute Gasteiger partial charge is 0.160 e. The Balaban J connectivity index is 1.00. The summed E-state index contributed by atoms with van der Waals surface area (Å²) in [5.41, 5.74) is 18.1.